The summed E-state index contributed by atoms with van der Waals surface area (Å²) in [6.07, 6.45) is 8.89. The van der Waals surface area contributed by atoms with Crippen molar-refractivity contribution in [3.8, 4) is 0 Å². The highest BCUT2D eigenvalue weighted by molar-refractivity contribution is 7.92. The van der Waals surface area contributed by atoms with Crippen LogP contribution in [0.2, 0.25) is 0 Å². The molecular formula is C15H19NO2S. The first-order valence-electron chi connectivity index (χ1n) is 6.04. The van der Waals surface area contributed by atoms with Crippen LogP contribution in [0.1, 0.15) is 13.8 Å². The van der Waals surface area contributed by atoms with Crippen LogP contribution in [-0.4, -0.2) is 13.8 Å². The molecule has 0 fully saturated rings. The van der Waals surface area contributed by atoms with E-state index in [1.807, 2.05) is 19.1 Å². The van der Waals surface area contributed by atoms with Gasteiger partial charge >= 0.3 is 0 Å². The summed E-state index contributed by atoms with van der Waals surface area (Å²) in [5.41, 5.74) is 6.46. The molecule has 0 saturated carbocycles. The predicted molar refractivity (Wildman–Crippen MR) is 79.3 cm³/mol. The maximum atomic E-state index is 12.3. The summed E-state index contributed by atoms with van der Waals surface area (Å²) in [4.78, 5) is 0.237. The van der Waals surface area contributed by atoms with Crippen LogP contribution in [0.5, 0.6) is 0 Å². The van der Waals surface area contributed by atoms with Gasteiger partial charge in [0.15, 0.2) is 9.84 Å². The highest BCUT2D eigenvalue weighted by Gasteiger charge is 2.25. The SMILES string of the molecule is C\C=C/C=C\C(=C/C)C(N)S(=O)(=O)c1ccccc1. The monoisotopic (exact) mass is 277 g/mol. The van der Waals surface area contributed by atoms with Crippen LogP contribution in [0.4, 0.5) is 0 Å². The van der Waals surface area contributed by atoms with Gasteiger partial charge in [0, 0.05) is 0 Å². The molecule has 1 aromatic rings. The molecule has 19 heavy (non-hydrogen) atoms. The van der Waals surface area contributed by atoms with Crippen molar-refractivity contribution < 1.29 is 8.42 Å². The number of sulfone groups is 1. The molecule has 1 aromatic carbocycles. The van der Waals surface area contributed by atoms with Crippen LogP contribution in [0.15, 0.2) is 71.2 Å². The summed E-state index contributed by atoms with van der Waals surface area (Å²) in [6, 6.07) is 8.25. The highest BCUT2D eigenvalue weighted by Crippen LogP contribution is 2.18. The van der Waals surface area contributed by atoms with Crippen LogP contribution >= 0.6 is 0 Å². The van der Waals surface area contributed by atoms with E-state index in [-0.39, 0.29) is 4.90 Å². The summed E-state index contributed by atoms with van der Waals surface area (Å²) >= 11 is 0. The van der Waals surface area contributed by atoms with Gasteiger partial charge in [0.05, 0.1) is 4.90 Å². The maximum absolute atomic E-state index is 12.3. The standard InChI is InChI=1S/C15H19NO2S/c1-3-5-7-10-13(4-2)15(16)19(17,18)14-11-8-6-9-12-14/h3-12,15H,16H2,1-2H3/b5-3-,10-7-,13-4+. The van der Waals surface area contributed by atoms with Crippen molar-refractivity contribution in [2.24, 2.45) is 5.73 Å². The lowest BCUT2D eigenvalue weighted by atomic mass is 10.2. The average Bonchev–Trinajstić information content (AvgIpc) is 2.44. The van der Waals surface area contributed by atoms with Gasteiger partial charge in [-0.1, -0.05) is 48.6 Å². The van der Waals surface area contributed by atoms with Crippen molar-refractivity contribution >= 4 is 9.84 Å². The minimum Gasteiger partial charge on any atom is -0.311 e. The molecule has 0 heterocycles. The molecule has 0 aliphatic heterocycles. The fourth-order valence-electron chi connectivity index (χ4n) is 1.57. The van der Waals surface area contributed by atoms with Gasteiger partial charge in [-0.2, -0.15) is 0 Å². The third kappa shape index (κ3) is 3.91. The molecule has 2 N–H and O–H groups in total. The molecule has 3 nitrogen and oxygen atoms in total. The molecule has 0 spiro atoms. The summed E-state index contributed by atoms with van der Waals surface area (Å²) in [6.45, 7) is 3.66. The lowest BCUT2D eigenvalue weighted by Gasteiger charge is -2.14. The van der Waals surface area contributed by atoms with E-state index in [1.54, 1.807) is 55.5 Å². The second-order valence-electron chi connectivity index (χ2n) is 3.95. The van der Waals surface area contributed by atoms with E-state index in [0.717, 1.165) is 0 Å². The lowest BCUT2D eigenvalue weighted by molar-refractivity contribution is 0.588. The molecule has 1 rings (SSSR count). The Bertz CT molecular complexity index is 584. The predicted octanol–water partition coefficient (Wildman–Crippen LogP) is 2.82. The Labute approximate surface area is 115 Å². The van der Waals surface area contributed by atoms with E-state index in [0.29, 0.717) is 5.57 Å². The van der Waals surface area contributed by atoms with Gasteiger partial charge < -0.3 is 5.73 Å². The molecule has 4 heteroatoms. The third-order valence-corrected chi connectivity index (χ3v) is 4.53. The molecule has 0 saturated heterocycles. The van der Waals surface area contributed by atoms with Gasteiger partial charge in [-0.25, -0.2) is 8.42 Å². The molecule has 0 amide bonds. The van der Waals surface area contributed by atoms with Gasteiger partial charge in [-0.15, -0.1) is 0 Å². The Morgan fingerprint density at radius 2 is 1.79 bits per heavy atom. The minimum absolute atomic E-state index is 0.237. The van der Waals surface area contributed by atoms with Crippen LogP contribution in [0.25, 0.3) is 0 Å². The van der Waals surface area contributed by atoms with E-state index in [2.05, 4.69) is 0 Å². The van der Waals surface area contributed by atoms with Crippen LogP contribution in [0, 0.1) is 0 Å². The second-order valence-corrected chi connectivity index (χ2v) is 6.02. The maximum Gasteiger partial charge on any atom is 0.198 e. The van der Waals surface area contributed by atoms with Crippen molar-refractivity contribution in [1.82, 2.24) is 0 Å². The van der Waals surface area contributed by atoms with Crippen molar-refractivity contribution in [3.63, 3.8) is 0 Å². The normalized spacial score (nSPS) is 15.2. The molecule has 0 radical (unpaired) electrons. The minimum atomic E-state index is -3.55. The molecule has 0 aliphatic carbocycles. The first-order valence-corrected chi connectivity index (χ1v) is 7.58. The van der Waals surface area contributed by atoms with Gasteiger partial charge in [0.1, 0.15) is 5.37 Å². The second kappa shape index (κ2) is 7.07. The third-order valence-electron chi connectivity index (χ3n) is 2.66. The van der Waals surface area contributed by atoms with Crippen LogP contribution < -0.4 is 5.73 Å². The van der Waals surface area contributed by atoms with E-state index >= 15 is 0 Å². The topological polar surface area (TPSA) is 60.2 Å². The van der Waals surface area contributed by atoms with Crippen LogP contribution in [-0.2, 0) is 9.84 Å². The van der Waals surface area contributed by atoms with Gasteiger partial charge in [0.2, 0.25) is 0 Å². The van der Waals surface area contributed by atoms with Crippen molar-refractivity contribution in [2.75, 3.05) is 0 Å². The van der Waals surface area contributed by atoms with Crippen molar-refractivity contribution in [1.29, 1.82) is 0 Å². The Kier molecular flexibility index (Phi) is 5.73. The first kappa shape index (κ1) is 15.4. The zero-order chi connectivity index (χ0) is 14.3. The molecule has 1 atom stereocenters. The number of allylic oxidation sites excluding steroid dienone is 4. The Morgan fingerprint density at radius 3 is 2.32 bits per heavy atom. The summed E-state index contributed by atoms with van der Waals surface area (Å²) < 4.78 is 24.7. The number of hydrogen-bond donors (Lipinski definition) is 1. The van der Waals surface area contributed by atoms with Crippen LogP contribution in [0.3, 0.4) is 0 Å². The zero-order valence-corrected chi connectivity index (χ0v) is 12.0. The zero-order valence-electron chi connectivity index (χ0n) is 11.2. The Morgan fingerprint density at radius 1 is 1.16 bits per heavy atom. The Balaban J connectivity index is 3.08. The number of benzene rings is 1. The summed E-state index contributed by atoms with van der Waals surface area (Å²) in [5.74, 6) is 0. The van der Waals surface area contributed by atoms with E-state index < -0.39 is 15.2 Å². The van der Waals surface area contributed by atoms with Gasteiger partial charge in [0.25, 0.3) is 0 Å². The molecular weight excluding hydrogens is 258 g/mol. The quantitative estimate of drug-likeness (QED) is 0.842. The van der Waals surface area contributed by atoms with Crippen molar-refractivity contribution in [3.05, 3.63) is 66.3 Å². The fourth-order valence-corrected chi connectivity index (χ4v) is 2.97. The fraction of sp³-hybridized carbons (Fsp3) is 0.200. The molecule has 0 bridgehead atoms. The number of nitrogens with two attached hydrogens (primary N) is 1. The first-order chi connectivity index (χ1) is 9.04. The van der Waals surface area contributed by atoms with E-state index in [1.165, 1.54) is 0 Å². The Hall–Kier alpha value is -1.65. The lowest BCUT2D eigenvalue weighted by Crippen LogP contribution is -2.32. The summed E-state index contributed by atoms with van der Waals surface area (Å²) in [7, 11) is -3.55. The largest absolute Gasteiger partial charge is 0.311 e. The summed E-state index contributed by atoms with van der Waals surface area (Å²) in [5, 5.41) is -1.05. The molecule has 1 unspecified atom stereocenters. The highest BCUT2D eigenvalue weighted by atomic mass is 32.2. The molecule has 0 aromatic heterocycles. The number of hydrogen-bond acceptors (Lipinski definition) is 3. The van der Waals surface area contributed by atoms with E-state index in [4.69, 9.17) is 5.73 Å². The smallest absolute Gasteiger partial charge is 0.198 e. The van der Waals surface area contributed by atoms with E-state index in [9.17, 15) is 8.42 Å². The average molecular weight is 277 g/mol. The number of rotatable bonds is 5. The molecule has 0 aliphatic rings. The van der Waals surface area contributed by atoms with Gasteiger partial charge in [-0.3, -0.25) is 0 Å². The molecule has 102 valence electrons. The van der Waals surface area contributed by atoms with Crippen molar-refractivity contribution in [2.45, 2.75) is 24.1 Å². The van der Waals surface area contributed by atoms with Gasteiger partial charge in [-0.05, 0) is 31.6 Å².